The monoisotopic (exact) mass is 283 g/mol. The van der Waals surface area contributed by atoms with Crippen LogP contribution < -0.4 is 14.8 Å². The summed E-state index contributed by atoms with van der Waals surface area (Å²) in [5.74, 6) is 1.12. The molecule has 1 N–H and O–H groups in total. The minimum Gasteiger partial charge on any atom is -0.482 e. The van der Waals surface area contributed by atoms with Crippen molar-refractivity contribution in [1.29, 1.82) is 0 Å². The number of para-hydroxylation sites is 2. The number of carbonyl (C=O) groups is 1. The van der Waals surface area contributed by atoms with Crippen LogP contribution in [0.3, 0.4) is 0 Å². The fourth-order valence-corrected chi connectivity index (χ4v) is 2.29. The molecule has 0 radical (unpaired) electrons. The van der Waals surface area contributed by atoms with Crippen LogP contribution in [0.1, 0.15) is 12.5 Å². The summed E-state index contributed by atoms with van der Waals surface area (Å²) in [4.78, 5) is 12.3. The summed E-state index contributed by atoms with van der Waals surface area (Å²) in [5, 5.41) is 2.89. The Morgan fingerprint density at radius 1 is 1.00 bits per heavy atom. The molecule has 0 spiro atoms. The van der Waals surface area contributed by atoms with Gasteiger partial charge in [-0.2, -0.15) is 0 Å². The Balaban J connectivity index is 1.65. The summed E-state index contributed by atoms with van der Waals surface area (Å²) in [5.41, 5.74) is 1.05. The summed E-state index contributed by atoms with van der Waals surface area (Å²) in [6, 6.07) is 17.2. The molecule has 1 aliphatic rings. The molecule has 2 aromatic rings. The van der Waals surface area contributed by atoms with Crippen molar-refractivity contribution in [3.05, 3.63) is 60.2 Å². The van der Waals surface area contributed by atoms with Crippen molar-refractivity contribution in [3.8, 4) is 11.5 Å². The maximum Gasteiger partial charge on any atom is 0.265 e. The van der Waals surface area contributed by atoms with Crippen LogP contribution in [0.15, 0.2) is 54.6 Å². The zero-order valence-electron chi connectivity index (χ0n) is 11.8. The first-order valence-corrected chi connectivity index (χ1v) is 6.98. The largest absolute Gasteiger partial charge is 0.482 e. The van der Waals surface area contributed by atoms with Crippen molar-refractivity contribution in [3.63, 3.8) is 0 Å². The minimum absolute atomic E-state index is 0.166. The van der Waals surface area contributed by atoms with Gasteiger partial charge in [0.25, 0.3) is 5.91 Å². The second-order valence-electron chi connectivity index (χ2n) is 5.01. The number of ether oxygens (including phenoxy) is 2. The average Bonchev–Trinajstić information content (AvgIpc) is 2.53. The molecule has 0 bridgehead atoms. The van der Waals surface area contributed by atoms with Crippen LogP contribution >= 0.6 is 0 Å². The van der Waals surface area contributed by atoms with E-state index in [-0.39, 0.29) is 12.0 Å². The van der Waals surface area contributed by atoms with E-state index in [9.17, 15) is 4.79 Å². The fourth-order valence-electron chi connectivity index (χ4n) is 2.29. The van der Waals surface area contributed by atoms with E-state index in [2.05, 4.69) is 5.32 Å². The van der Waals surface area contributed by atoms with E-state index in [0.717, 1.165) is 5.56 Å². The molecular weight excluding hydrogens is 266 g/mol. The third kappa shape index (κ3) is 2.99. The van der Waals surface area contributed by atoms with E-state index in [1.807, 2.05) is 55.5 Å². The molecule has 0 saturated carbocycles. The van der Waals surface area contributed by atoms with Gasteiger partial charge in [0.15, 0.2) is 11.5 Å². The van der Waals surface area contributed by atoms with Gasteiger partial charge in [-0.1, -0.05) is 42.5 Å². The molecule has 4 heteroatoms. The number of carbonyl (C=O) groups excluding carboxylic acids is 1. The molecule has 1 amide bonds. The van der Waals surface area contributed by atoms with E-state index >= 15 is 0 Å². The van der Waals surface area contributed by atoms with Gasteiger partial charge in [0.1, 0.15) is 6.10 Å². The highest BCUT2D eigenvalue weighted by molar-refractivity contribution is 5.82. The normalized spacial score (nSPS) is 19.9. The third-order valence-electron chi connectivity index (χ3n) is 3.41. The molecule has 0 aromatic heterocycles. The summed E-state index contributed by atoms with van der Waals surface area (Å²) < 4.78 is 11.5. The van der Waals surface area contributed by atoms with Gasteiger partial charge in [-0.05, 0) is 24.6 Å². The molecule has 1 aliphatic heterocycles. The van der Waals surface area contributed by atoms with Crippen LogP contribution in [-0.2, 0) is 11.3 Å². The average molecular weight is 283 g/mol. The van der Waals surface area contributed by atoms with Crippen LogP contribution in [0.4, 0.5) is 0 Å². The Morgan fingerprint density at radius 2 is 1.62 bits per heavy atom. The Labute approximate surface area is 123 Å². The highest BCUT2D eigenvalue weighted by atomic mass is 16.6. The second-order valence-corrected chi connectivity index (χ2v) is 5.01. The summed E-state index contributed by atoms with van der Waals surface area (Å²) in [7, 11) is 0. The van der Waals surface area contributed by atoms with Crippen LogP contribution in [0.5, 0.6) is 11.5 Å². The Kier molecular flexibility index (Phi) is 3.77. The number of fused-ring (bicyclic) bond motifs is 1. The maximum absolute atomic E-state index is 12.3. The predicted molar refractivity (Wildman–Crippen MR) is 79.2 cm³/mol. The van der Waals surface area contributed by atoms with Gasteiger partial charge in [-0.3, -0.25) is 4.79 Å². The molecule has 3 rings (SSSR count). The highest BCUT2D eigenvalue weighted by Gasteiger charge is 2.33. The van der Waals surface area contributed by atoms with E-state index in [0.29, 0.717) is 18.0 Å². The van der Waals surface area contributed by atoms with E-state index < -0.39 is 6.10 Å². The van der Waals surface area contributed by atoms with E-state index in [1.54, 1.807) is 6.07 Å². The number of rotatable bonds is 3. The molecule has 0 unspecified atom stereocenters. The first kappa shape index (κ1) is 13.5. The number of benzene rings is 2. The molecule has 0 aliphatic carbocycles. The van der Waals surface area contributed by atoms with Gasteiger partial charge < -0.3 is 14.8 Å². The zero-order valence-corrected chi connectivity index (χ0v) is 11.8. The van der Waals surface area contributed by atoms with Gasteiger partial charge in [0.2, 0.25) is 6.10 Å². The van der Waals surface area contributed by atoms with Crippen molar-refractivity contribution in [2.45, 2.75) is 25.7 Å². The predicted octanol–water partition coefficient (Wildman–Crippen LogP) is 2.53. The quantitative estimate of drug-likeness (QED) is 0.941. The second kappa shape index (κ2) is 5.87. The zero-order chi connectivity index (χ0) is 14.7. The lowest BCUT2D eigenvalue weighted by molar-refractivity contribution is -0.133. The number of hydrogen-bond donors (Lipinski definition) is 1. The molecular formula is C17H17NO3. The third-order valence-corrected chi connectivity index (χ3v) is 3.41. The molecule has 0 saturated heterocycles. The van der Waals surface area contributed by atoms with Crippen LogP contribution in [0.2, 0.25) is 0 Å². The van der Waals surface area contributed by atoms with Crippen LogP contribution in [0.25, 0.3) is 0 Å². The first-order chi connectivity index (χ1) is 10.2. The van der Waals surface area contributed by atoms with Gasteiger partial charge >= 0.3 is 0 Å². The van der Waals surface area contributed by atoms with E-state index in [4.69, 9.17) is 9.47 Å². The van der Waals surface area contributed by atoms with E-state index in [1.165, 1.54) is 0 Å². The standard InChI is InChI=1S/C17H17NO3/c1-12-16(21-15-10-6-5-9-14(15)20-12)17(19)18-11-13-7-3-2-4-8-13/h2-10,12,16H,11H2,1H3,(H,18,19)/t12-,16+/m0/s1. The van der Waals surface area contributed by atoms with Crippen molar-refractivity contribution < 1.29 is 14.3 Å². The highest BCUT2D eigenvalue weighted by Crippen LogP contribution is 2.33. The first-order valence-electron chi connectivity index (χ1n) is 6.98. The van der Waals surface area contributed by atoms with Crippen LogP contribution in [-0.4, -0.2) is 18.1 Å². The topological polar surface area (TPSA) is 47.6 Å². The molecule has 0 fully saturated rings. The molecule has 1 heterocycles. The summed E-state index contributed by atoms with van der Waals surface area (Å²) in [6.07, 6.45) is -0.959. The molecule has 4 nitrogen and oxygen atoms in total. The molecule has 21 heavy (non-hydrogen) atoms. The number of hydrogen-bond acceptors (Lipinski definition) is 3. The molecule has 108 valence electrons. The summed E-state index contributed by atoms with van der Waals surface area (Å²) >= 11 is 0. The lowest BCUT2D eigenvalue weighted by atomic mass is 10.1. The van der Waals surface area contributed by atoms with Gasteiger partial charge in [0, 0.05) is 6.54 Å². The Morgan fingerprint density at radius 3 is 2.33 bits per heavy atom. The Hall–Kier alpha value is -2.49. The van der Waals surface area contributed by atoms with Crippen LogP contribution in [0, 0.1) is 0 Å². The minimum atomic E-state index is -0.636. The summed E-state index contributed by atoms with van der Waals surface area (Å²) in [6.45, 7) is 2.32. The SMILES string of the molecule is C[C@@H]1Oc2ccccc2O[C@H]1C(=O)NCc1ccccc1. The Bertz CT molecular complexity index is 627. The van der Waals surface area contributed by atoms with Gasteiger partial charge in [-0.15, -0.1) is 0 Å². The fraction of sp³-hybridized carbons (Fsp3) is 0.235. The maximum atomic E-state index is 12.3. The lowest BCUT2D eigenvalue weighted by Gasteiger charge is -2.31. The molecule has 2 aromatic carbocycles. The lowest BCUT2D eigenvalue weighted by Crippen LogP contribution is -2.48. The van der Waals surface area contributed by atoms with Crippen molar-refractivity contribution in [2.75, 3.05) is 0 Å². The number of amides is 1. The smallest absolute Gasteiger partial charge is 0.265 e. The van der Waals surface area contributed by atoms with Gasteiger partial charge in [0.05, 0.1) is 0 Å². The van der Waals surface area contributed by atoms with Crippen molar-refractivity contribution in [2.24, 2.45) is 0 Å². The van der Waals surface area contributed by atoms with Gasteiger partial charge in [-0.25, -0.2) is 0 Å². The van der Waals surface area contributed by atoms with Crippen molar-refractivity contribution in [1.82, 2.24) is 5.32 Å². The number of nitrogens with one attached hydrogen (secondary N) is 1. The molecule has 2 atom stereocenters. The van der Waals surface area contributed by atoms with Crippen molar-refractivity contribution >= 4 is 5.91 Å².